The molecule has 1 aromatic carbocycles. The molecule has 0 saturated carbocycles. The van der Waals surface area contributed by atoms with Crippen LogP contribution in [0.15, 0.2) is 30.5 Å². The summed E-state index contributed by atoms with van der Waals surface area (Å²) in [6, 6.07) is 10.4. The van der Waals surface area contributed by atoms with Crippen LogP contribution in [0.3, 0.4) is 0 Å². The molecule has 1 saturated heterocycles. The van der Waals surface area contributed by atoms with E-state index in [1.807, 2.05) is 24.4 Å². The Hall–Kier alpha value is -2.45. The average molecular weight is 333 g/mol. The fraction of sp³-hybridized carbons (Fsp3) is 0.450. The molecule has 1 N–H and O–H groups in total. The molecule has 5 nitrogen and oxygen atoms in total. The van der Waals surface area contributed by atoms with Gasteiger partial charge in [0.15, 0.2) is 0 Å². The molecule has 2 heterocycles. The third-order valence-electron chi connectivity index (χ3n) is 5.18. The van der Waals surface area contributed by atoms with Crippen LogP contribution in [-0.2, 0) is 19.4 Å². The molecule has 0 amide bonds. The summed E-state index contributed by atoms with van der Waals surface area (Å²) in [5.41, 5.74) is 4.38. The highest BCUT2D eigenvalue weighted by Gasteiger charge is 2.22. The standard InChI is InChI=1S/C20H23N5/c21-12-15-4-3-5-16(10-15)13-22-18-6-7-19-17(11-18)14-23-20(24-19)25-8-1-2-9-25/h3-5,10,14,18,22H,1-2,6-9,11,13H2/t18-/m1/s1. The molecule has 1 fully saturated rings. The molecular formula is C20H23N5. The molecule has 1 aliphatic heterocycles. The van der Waals surface area contributed by atoms with Crippen molar-refractivity contribution < 1.29 is 0 Å². The Morgan fingerprint density at radius 2 is 2.16 bits per heavy atom. The molecule has 25 heavy (non-hydrogen) atoms. The predicted octanol–water partition coefficient (Wildman–Crippen LogP) is 2.60. The van der Waals surface area contributed by atoms with Gasteiger partial charge in [-0.2, -0.15) is 5.26 Å². The lowest BCUT2D eigenvalue weighted by Crippen LogP contribution is -2.35. The largest absolute Gasteiger partial charge is 0.341 e. The number of nitrogens with zero attached hydrogens (tertiary/aromatic N) is 4. The van der Waals surface area contributed by atoms with Crippen LogP contribution in [0.5, 0.6) is 0 Å². The van der Waals surface area contributed by atoms with Crippen molar-refractivity contribution in [3.63, 3.8) is 0 Å². The molecule has 0 bridgehead atoms. The van der Waals surface area contributed by atoms with Crippen molar-refractivity contribution in [3.05, 3.63) is 52.8 Å². The van der Waals surface area contributed by atoms with E-state index in [1.165, 1.54) is 24.1 Å². The first kappa shape index (κ1) is 16.0. The smallest absolute Gasteiger partial charge is 0.225 e. The molecule has 0 unspecified atom stereocenters. The zero-order chi connectivity index (χ0) is 17.1. The number of fused-ring (bicyclic) bond motifs is 1. The number of rotatable bonds is 4. The minimum absolute atomic E-state index is 0.444. The molecule has 0 spiro atoms. The van der Waals surface area contributed by atoms with E-state index in [-0.39, 0.29) is 0 Å². The fourth-order valence-electron chi connectivity index (χ4n) is 3.75. The zero-order valence-electron chi connectivity index (χ0n) is 14.4. The van der Waals surface area contributed by atoms with E-state index in [0.29, 0.717) is 6.04 Å². The van der Waals surface area contributed by atoms with Gasteiger partial charge in [-0.3, -0.25) is 0 Å². The van der Waals surface area contributed by atoms with E-state index in [2.05, 4.69) is 27.3 Å². The summed E-state index contributed by atoms with van der Waals surface area (Å²) >= 11 is 0. The summed E-state index contributed by atoms with van der Waals surface area (Å²) < 4.78 is 0. The number of hydrogen-bond donors (Lipinski definition) is 1. The van der Waals surface area contributed by atoms with Gasteiger partial charge in [0.25, 0.3) is 0 Å². The van der Waals surface area contributed by atoms with Crippen LogP contribution in [-0.4, -0.2) is 29.1 Å². The zero-order valence-corrected chi connectivity index (χ0v) is 14.4. The van der Waals surface area contributed by atoms with Crippen molar-refractivity contribution in [3.8, 4) is 6.07 Å². The van der Waals surface area contributed by atoms with Gasteiger partial charge in [0.05, 0.1) is 11.6 Å². The van der Waals surface area contributed by atoms with E-state index in [4.69, 9.17) is 10.2 Å². The summed E-state index contributed by atoms with van der Waals surface area (Å²) in [4.78, 5) is 11.7. The van der Waals surface area contributed by atoms with E-state index in [1.54, 1.807) is 0 Å². The Kier molecular flexibility index (Phi) is 4.62. The first-order valence-electron chi connectivity index (χ1n) is 9.14. The second kappa shape index (κ2) is 7.20. The van der Waals surface area contributed by atoms with Gasteiger partial charge in [0.2, 0.25) is 5.95 Å². The van der Waals surface area contributed by atoms with E-state index in [0.717, 1.165) is 56.0 Å². The first-order chi connectivity index (χ1) is 12.3. The van der Waals surface area contributed by atoms with Gasteiger partial charge < -0.3 is 10.2 Å². The lowest BCUT2D eigenvalue weighted by Gasteiger charge is -2.26. The minimum atomic E-state index is 0.444. The van der Waals surface area contributed by atoms with Gasteiger partial charge >= 0.3 is 0 Å². The topological polar surface area (TPSA) is 64.8 Å². The lowest BCUT2D eigenvalue weighted by molar-refractivity contribution is 0.452. The monoisotopic (exact) mass is 333 g/mol. The first-order valence-corrected chi connectivity index (χ1v) is 9.14. The SMILES string of the molecule is N#Cc1cccc(CN[C@@H]2CCc3nc(N4CCCC4)ncc3C2)c1. The third-order valence-corrected chi connectivity index (χ3v) is 5.18. The summed E-state index contributed by atoms with van der Waals surface area (Å²) in [6.45, 7) is 2.97. The number of aryl methyl sites for hydroxylation is 1. The molecule has 0 radical (unpaired) electrons. The molecular weight excluding hydrogens is 310 g/mol. The predicted molar refractivity (Wildman–Crippen MR) is 97.3 cm³/mol. The van der Waals surface area contributed by atoms with Crippen LogP contribution in [0.2, 0.25) is 0 Å². The summed E-state index contributed by atoms with van der Waals surface area (Å²) in [7, 11) is 0. The van der Waals surface area contributed by atoms with Gasteiger partial charge in [-0.25, -0.2) is 9.97 Å². The van der Waals surface area contributed by atoms with Gasteiger partial charge in [-0.05, 0) is 55.4 Å². The fourth-order valence-corrected chi connectivity index (χ4v) is 3.75. The number of nitriles is 1. The Bertz CT molecular complexity index is 789. The van der Waals surface area contributed by atoms with Crippen molar-refractivity contribution in [2.75, 3.05) is 18.0 Å². The quantitative estimate of drug-likeness (QED) is 0.932. The van der Waals surface area contributed by atoms with E-state index in [9.17, 15) is 0 Å². The molecule has 1 aromatic heterocycles. The maximum atomic E-state index is 9.00. The summed E-state index contributed by atoms with van der Waals surface area (Å²) in [5, 5.41) is 12.6. The maximum absolute atomic E-state index is 9.00. The molecule has 2 aliphatic rings. The van der Waals surface area contributed by atoms with Gasteiger partial charge in [-0.1, -0.05) is 12.1 Å². The number of nitrogens with one attached hydrogen (secondary N) is 1. The van der Waals surface area contributed by atoms with Crippen molar-refractivity contribution in [2.24, 2.45) is 0 Å². The maximum Gasteiger partial charge on any atom is 0.225 e. The van der Waals surface area contributed by atoms with Crippen LogP contribution >= 0.6 is 0 Å². The Labute approximate surface area is 148 Å². The Balaban J connectivity index is 1.38. The van der Waals surface area contributed by atoms with Gasteiger partial charge in [0.1, 0.15) is 0 Å². The number of benzene rings is 1. The van der Waals surface area contributed by atoms with Gasteiger partial charge in [0, 0.05) is 37.6 Å². The van der Waals surface area contributed by atoms with E-state index >= 15 is 0 Å². The van der Waals surface area contributed by atoms with Crippen molar-refractivity contribution in [1.29, 1.82) is 5.26 Å². The van der Waals surface area contributed by atoms with Crippen LogP contribution in [0.1, 0.15) is 41.6 Å². The number of aromatic nitrogens is 2. The molecule has 4 rings (SSSR count). The van der Waals surface area contributed by atoms with Gasteiger partial charge in [-0.15, -0.1) is 0 Å². The highest BCUT2D eigenvalue weighted by Crippen LogP contribution is 2.23. The highest BCUT2D eigenvalue weighted by atomic mass is 15.3. The summed E-state index contributed by atoms with van der Waals surface area (Å²) in [6.07, 6.45) is 7.61. The Morgan fingerprint density at radius 1 is 1.28 bits per heavy atom. The molecule has 5 heteroatoms. The Morgan fingerprint density at radius 3 is 3.00 bits per heavy atom. The molecule has 1 atom stereocenters. The molecule has 1 aliphatic carbocycles. The molecule has 2 aromatic rings. The summed E-state index contributed by atoms with van der Waals surface area (Å²) in [5.74, 6) is 0.913. The van der Waals surface area contributed by atoms with Crippen LogP contribution in [0.4, 0.5) is 5.95 Å². The second-order valence-corrected chi connectivity index (χ2v) is 6.97. The van der Waals surface area contributed by atoms with Crippen molar-refractivity contribution >= 4 is 5.95 Å². The number of anilines is 1. The second-order valence-electron chi connectivity index (χ2n) is 6.97. The van der Waals surface area contributed by atoms with E-state index < -0.39 is 0 Å². The average Bonchev–Trinajstić information content (AvgIpc) is 3.21. The van der Waals surface area contributed by atoms with Crippen LogP contribution in [0.25, 0.3) is 0 Å². The van der Waals surface area contributed by atoms with Crippen LogP contribution < -0.4 is 10.2 Å². The minimum Gasteiger partial charge on any atom is -0.341 e. The van der Waals surface area contributed by atoms with Crippen molar-refractivity contribution in [1.82, 2.24) is 15.3 Å². The highest BCUT2D eigenvalue weighted by molar-refractivity contribution is 5.36. The normalized spacial score (nSPS) is 19.5. The van der Waals surface area contributed by atoms with Crippen molar-refractivity contribution in [2.45, 2.75) is 44.7 Å². The third kappa shape index (κ3) is 3.64. The molecule has 128 valence electrons. The number of hydrogen-bond acceptors (Lipinski definition) is 5. The lowest BCUT2D eigenvalue weighted by atomic mass is 9.92. The van der Waals surface area contributed by atoms with Crippen LogP contribution in [0, 0.1) is 11.3 Å².